The lowest BCUT2D eigenvalue weighted by molar-refractivity contribution is -0.115. The zero-order valence-electron chi connectivity index (χ0n) is 20.8. The monoisotopic (exact) mass is 573 g/mol. The number of halogens is 1. The fraction of sp³-hybridized carbons (Fsp3) is 0.296. The van der Waals surface area contributed by atoms with E-state index in [0.29, 0.717) is 18.7 Å². The van der Waals surface area contributed by atoms with Crippen LogP contribution in [-0.4, -0.2) is 21.2 Å². The van der Waals surface area contributed by atoms with Crippen LogP contribution in [0.2, 0.25) is 0 Å². The lowest BCUT2D eigenvalue weighted by Crippen LogP contribution is -2.15. The molecule has 2 aromatic carbocycles. The van der Waals surface area contributed by atoms with Crippen LogP contribution in [0.25, 0.3) is 10.2 Å². The first-order valence-corrected chi connectivity index (χ1v) is 14.4. The third-order valence-electron chi connectivity index (χ3n) is 4.66. The van der Waals surface area contributed by atoms with E-state index in [1.807, 2.05) is 82.3 Å². The molecule has 1 N–H and O–H groups in total. The Morgan fingerprint density at radius 2 is 1.77 bits per heavy atom. The van der Waals surface area contributed by atoms with E-state index < -0.39 is 0 Å². The van der Waals surface area contributed by atoms with Crippen molar-refractivity contribution in [2.45, 2.75) is 52.5 Å². The zero-order chi connectivity index (χ0) is 25.8. The van der Waals surface area contributed by atoms with Crippen molar-refractivity contribution < 1.29 is 4.79 Å². The molecule has 8 heteroatoms. The molecule has 0 unspecified atom stereocenters. The first-order valence-electron chi connectivity index (χ1n) is 11.8. The minimum Gasteiger partial charge on any atom is -0.326 e. The maximum atomic E-state index is 12.5. The van der Waals surface area contributed by atoms with E-state index in [2.05, 4.69) is 33.2 Å². The SMILES string of the molecule is CC.CC.CCSc1ccc(CC(=O)Nc2ccc3c(c2)sc(=O)n3Cc2ccc(Br)cn2)cc1. The predicted octanol–water partition coefficient (Wildman–Crippen LogP) is 7.61. The highest BCUT2D eigenvalue weighted by Gasteiger charge is 2.11. The maximum absolute atomic E-state index is 12.5. The Balaban J connectivity index is 0.00000103. The largest absolute Gasteiger partial charge is 0.326 e. The van der Waals surface area contributed by atoms with Crippen LogP contribution in [0.1, 0.15) is 45.9 Å². The van der Waals surface area contributed by atoms with Gasteiger partial charge in [0.2, 0.25) is 5.91 Å². The quantitative estimate of drug-likeness (QED) is 0.231. The van der Waals surface area contributed by atoms with Gasteiger partial charge in [-0.15, -0.1) is 11.8 Å². The normalized spacial score (nSPS) is 10.1. The molecule has 2 heterocycles. The number of hydrogen-bond acceptors (Lipinski definition) is 5. The number of aromatic nitrogens is 2. The second-order valence-electron chi connectivity index (χ2n) is 6.91. The minimum absolute atomic E-state index is 0.0479. The summed E-state index contributed by atoms with van der Waals surface area (Å²) in [6.07, 6.45) is 2.03. The van der Waals surface area contributed by atoms with E-state index in [4.69, 9.17) is 0 Å². The zero-order valence-corrected chi connectivity index (χ0v) is 24.0. The Hall–Kier alpha value is -2.42. The molecule has 0 fully saturated rings. The van der Waals surface area contributed by atoms with Crippen molar-refractivity contribution in [1.29, 1.82) is 0 Å². The molecule has 0 spiro atoms. The highest BCUT2D eigenvalue weighted by molar-refractivity contribution is 9.10. The Kier molecular flexibility index (Phi) is 12.2. The van der Waals surface area contributed by atoms with Crippen LogP contribution in [0.15, 0.2) is 75.0 Å². The van der Waals surface area contributed by atoms with Crippen molar-refractivity contribution >= 4 is 60.8 Å². The van der Waals surface area contributed by atoms with Crippen LogP contribution in [0.5, 0.6) is 0 Å². The van der Waals surface area contributed by atoms with Gasteiger partial charge < -0.3 is 5.32 Å². The van der Waals surface area contributed by atoms with Gasteiger partial charge in [-0.2, -0.15) is 0 Å². The second-order valence-corrected chi connectivity index (χ2v) is 10.2. The highest BCUT2D eigenvalue weighted by Crippen LogP contribution is 2.23. The van der Waals surface area contributed by atoms with Crippen molar-refractivity contribution in [1.82, 2.24) is 9.55 Å². The van der Waals surface area contributed by atoms with Crippen LogP contribution >= 0.6 is 39.0 Å². The number of amides is 1. The van der Waals surface area contributed by atoms with Gasteiger partial charge in [-0.3, -0.25) is 19.1 Å². The van der Waals surface area contributed by atoms with Crippen LogP contribution in [0, 0.1) is 0 Å². The number of anilines is 1. The van der Waals surface area contributed by atoms with Gasteiger partial charge in [-0.25, -0.2) is 0 Å². The molecule has 4 rings (SSSR count). The summed E-state index contributed by atoms with van der Waals surface area (Å²) >= 11 is 6.32. The molecule has 4 aromatic rings. The number of hydrogen-bond donors (Lipinski definition) is 1. The molecule has 0 aliphatic heterocycles. The summed E-state index contributed by atoms with van der Waals surface area (Å²) in [6, 6.07) is 17.4. The van der Waals surface area contributed by atoms with E-state index in [-0.39, 0.29) is 10.8 Å². The molecular formula is C27H32BrN3O2S2. The summed E-state index contributed by atoms with van der Waals surface area (Å²) in [5.74, 6) is 0.941. The molecular weight excluding hydrogens is 542 g/mol. The topological polar surface area (TPSA) is 64.0 Å². The molecule has 186 valence electrons. The van der Waals surface area contributed by atoms with Crippen molar-refractivity contribution in [3.63, 3.8) is 0 Å². The lowest BCUT2D eigenvalue weighted by atomic mass is 10.1. The van der Waals surface area contributed by atoms with Gasteiger partial charge in [0.1, 0.15) is 0 Å². The van der Waals surface area contributed by atoms with Crippen molar-refractivity contribution in [3.05, 3.63) is 86.2 Å². The average Bonchev–Trinajstić information content (AvgIpc) is 3.18. The first-order chi connectivity index (χ1) is 17.0. The number of pyridine rings is 1. The van der Waals surface area contributed by atoms with Gasteiger partial charge in [0, 0.05) is 21.3 Å². The van der Waals surface area contributed by atoms with Gasteiger partial charge in [0.15, 0.2) is 0 Å². The Bertz CT molecular complexity index is 1270. The summed E-state index contributed by atoms with van der Waals surface area (Å²) in [4.78, 5) is 30.5. The van der Waals surface area contributed by atoms with Crippen LogP contribution in [-0.2, 0) is 17.8 Å². The molecule has 0 radical (unpaired) electrons. The third kappa shape index (κ3) is 8.33. The number of thioether (sulfide) groups is 1. The van der Waals surface area contributed by atoms with Gasteiger partial charge in [0.25, 0.3) is 0 Å². The van der Waals surface area contributed by atoms with E-state index in [1.165, 1.54) is 16.2 Å². The van der Waals surface area contributed by atoms with Gasteiger partial charge >= 0.3 is 4.87 Å². The van der Waals surface area contributed by atoms with Gasteiger partial charge in [-0.1, -0.05) is 58.1 Å². The molecule has 5 nitrogen and oxygen atoms in total. The van der Waals surface area contributed by atoms with E-state index in [0.717, 1.165) is 31.7 Å². The standard InChI is InChI=1S/C23H20BrN3O2S2.2C2H6/c1-2-30-19-8-3-15(4-9-19)11-22(28)26-17-7-10-20-21(12-17)31-23(29)27(20)14-18-6-5-16(24)13-25-18;2*1-2/h3-10,12-13H,2,11,14H2,1H3,(H,26,28);2*1-2H3. The molecule has 1 amide bonds. The van der Waals surface area contributed by atoms with Crippen molar-refractivity contribution in [2.24, 2.45) is 0 Å². The van der Waals surface area contributed by atoms with Gasteiger partial charge in [-0.05, 0) is 69.7 Å². The summed E-state index contributed by atoms with van der Waals surface area (Å²) in [7, 11) is 0. The highest BCUT2D eigenvalue weighted by atomic mass is 79.9. The second kappa shape index (κ2) is 14.9. The lowest BCUT2D eigenvalue weighted by Gasteiger charge is -2.07. The number of rotatable bonds is 7. The van der Waals surface area contributed by atoms with E-state index >= 15 is 0 Å². The average molecular weight is 575 g/mol. The molecule has 0 aliphatic rings. The number of nitrogens with zero attached hydrogens (tertiary/aromatic N) is 2. The number of fused-ring (bicyclic) bond motifs is 1. The number of benzene rings is 2. The molecule has 0 atom stereocenters. The van der Waals surface area contributed by atoms with Crippen LogP contribution in [0.4, 0.5) is 5.69 Å². The van der Waals surface area contributed by atoms with Crippen molar-refractivity contribution in [2.75, 3.05) is 11.1 Å². The van der Waals surface area contributed by atoms with Gasteiger partial charge in [0.05, 0.1) is 28.9 Å². The number of thiazole rings is 1. The Labute approximate surface area is 224 Å². The predicted molar refractivity (Wildman–Crippen MR) is 155 cm³/mol. The third-order valence-corrected chi connectivity index (χ3v) is 6.96. The van der Waals surface area contributed by atoms with Crippen LogP contribution < -0.4 is 10.2 Å². The molecule has 0 saturated heterocycles. The van der Waals surface area contributed by atoms with Crippen LogP contribution in [0.3, 0.4) is 0 Å². The van der Waals surface area contributed by atoms with Crippen molar-refractivity contribution in [3.8, 4) is 0 Å². The summed E-state index contributed by atoms with van der Waals surface area (Å²) in [5, 5.41) is 2.94. The fourth-order valence-corrected chi connectivity index (χ4v) is 5.04. The Morgan fingerprint density at radius 3 is 2.40 bits per heavy atom. The number of carbonyl (C=O) groups is 1. The number of nitrogens with one attached hydrogen (secondary N) is 1. The summed E-state index contributed by atoms with van der Waals surface area (Å²) in [6.45, 7) is 10.5. The Morgan fingerprint density at radius 1 is 1.06 bits per heavy atom. The molecule has 0 saturated carbocycles. The number of carbonyl (C=O) groups excluding carboxylic acids is 1. The minimum atomic E-state index is -0.0823. The molecule has 0 aliphatic carbocycles. The first kappa shape index (κ1) is 28.8. The van der Waals surface area contributed by atoms with E-state index in [9.17, 15) is 9.59 Å². The fourth-order valence-electron chi connectivity index (χ4n) is 3.22. The smallest absolute Gasteiger partial charge is 0.308 e. The maximum Gasteiger partial charge on any atom is 0.308 e. The molecule has 0 bridgehead atoms. The molecule has 2 aromatic heterocycles. The van der Waals surface area contributed by atoms with E-state index in [1.54, 1.807) is 22.5 Å². The molecule has 35 heavy (non-hydrogen) atoms. The summed E-state index contributed by atoms with van der Waals surface area (Å²) in [5.41, 5.74) is 3.30. The summed E-state index contributed by atoms with van der Waals surface area (Å²) < 4.78 is 3.44.